The number of unbranched alkanes of at least 4 members (excludes halogenated alkanes) is 15. The topological polar surface area (TPSA) is 81.0 Å². The van der Waals surface area contributed by atoms with Crippen molar-refractivity contribution in [2.45, 2.75) is 110 Å². The summed E-state index contributed by atoms with van der Waals surface area (Å²) in [5.74, 6) is -1.85. The highest BCUT2D eigenvalue weighted by Gasteiger charge is 2.16. The SMILES string of the molecule is CCCCCCCCCCCCCCCCCCN(C)C(=O)c1cc(O)c(O)c(O)c1. The van der Waals surface area contributed by atoms with Crippen LogP contribution < -0.4 is 0 Å². The van der Waals surface area contributed by atoms with Crippen molar-refractivity contribution in [1.82, 2.24) is 4.90 Å². The molecule has 31 heavy (non-hydrogen) atoms. The van der Waals surface area contributed by atoms with Gasteiger partial charge in [-0.1, -0.05) is 103 Å². The number of nitrogens with zero attached hydrogens (tertiary/aromatic N) is 1. The van der Waals surface area contributed by atoms with Crippen LogP contribution in [0.2, 0.25) is 0 Å². The lowest BCUT2D eigenvalue weighted by Gasteiger charge is -2.17. The second kappa shape index (κ2) is 16.7. The van der Waals surface area contributed by atoms with E-state index in [0.717, 1.165) is 12.8 Å². The second-order valence-electron chi connectivity index (χ2n) is 8.89. The third kappa shape index (κ3) is 11.9. The van der Waals surface area contributed by atoms with Crippen molar-refractivity contribution < 1.29 is 20.1 Å². The molecule has 0 fully saturated rings. The summed E-state index contributed by atoms with van der Waals surface area (Å²) in [6.45, 7) is 2.91. The highest BCUT2D eigenvalue weighted by molar-refractivity contribution is 5.95. The van der Waals surface area contributed by atoms with Gasteiger partial charge in [0, 0.05) is 19.2 Å². The summed E-state index contributed by atoms with van der Waals surface area (Å²) in [5, 5.41) is 28.5. The third-order valence-corrected chi connectivity index (χ3v) is 6.01. The first kappa shape index (κ1) is 27.1. The number of rotatable bonds is 18. The fourth-order valence-electron chi connectivity index (χ4n) is 3.95. The fourth-order valence-corrected chi connectivity index (χ4v) is 3.95. The van der Waals surface area contributed by atoms with Gasteiger partial charge >= 0.3 is 0 Å². The molecule has 0 saturated carbocycles. The summed E-state index contributed by atoms with van der Waals surface area (Å²) in [6.07, 6.45) is 21.1. The molecule has 5 nitrogen and oxygen atoms in total. The Morgan fingerprint density at radius 2 is 1.03 bits per heavy atom. The number of phenols is 3. The number of hydrogen-bond acceptors (Lipinski definition) is 4. The minimum absolute atomic E-state index is 0.173. The predicted octanol–water partition coefficient (Wildman–Crippen LogP) is 7.14. The Balaban J connectivity index is 1.96. The number of phenolic OH excluding ortho intramolecular Hbond substituents is 3. The van der Waals surface area contributed by atoms with Gasteiger partial charge in [0.1, 0.15) is 0 Å². The maximum Gasteiger partial charge on any atom is 0.253 e. The van der Waals surface area contributed by atoms with Gasteiger partial charge in [0.15, 0.2) is 17.2 Å². The number of amides is 1. The van der Waals surface area contributed by atoms with Crippen LogP contribution >= 0.6 is 0 Å². The Hall–Kier alpha value is -1.91. The molecule has 1 aromatic rings. The lowest BCUT2D eigenvalue weighted by atomic mass is 10.0. The smallest absolute Gasteiger partial charge is 0.253 e. The van der Waals surface area contributed by atoms with E-state index in [1.165, 1.54) is 102 Å². The Morgan fingerprint density at radius 1 is 0.677 bits per heavy atom. The number of carbonyl (C=O) groups excluding carboxylic acids is 1. The molecular weight excluding hydrogens is 390 g/mol. The van der Waals surface area contributed by atoms with Gasteiger partial charge in [0.25, 0.3) is 5.91 Å². The molecule has 0 atom stereocenters. The summed E-state index contributed by atoms with van der Waals surface area (Å²) in [5.41, 5.74) is 0.173. The van der Waals surface area contributed by atoms with Crippen LogP contribution in [0.4, 0.5) is 0 Å². The maximum absolute atomic E-state index is 12.4. The summed E-state index contributed by atoms with van der Waals surface area (Å²) in [4.78, 5) is 14.0. The van der Waals surface area contributed by atoms with E-state index in [0.29, 0.717) is 6.54 Å². The van der Waals surface area contributed by atoms with E-state index in [1.807, 2.05) is 0 Å². The maximum atomic E-state index is 12.4. The molecule has 1 rings (SSSR count). The third-order valence-electron chi connectivity index (χ3n) is 6.01. The largest absolute Gasteiger partial charge is 0.504 e. The van der Waals surface area contributed by atoms with Crippen LogP contribution in [0.3, 0.4) is 0 Å². The van der Waals surface area contributed by atoms with E-state index in [-0.39, 0.29) is 11.5 Å². The molecular formula is C26H45NO4. The van der Waals surface area contributed by atoms with Crippen LogP contribution in [0, 0.1) is 0 Å². The first-order chi connectivity index (χ1) is 15.0. The van der Waals surface area contributed by atoms with Crippen LogP contribution in [0.15, 0.2) is 12.1 Å². The van der Waals surface area contributed by atoms with Crippen molar-refractivity contribution in [2.75, 3.05) is 13.6 Å². The van der Waals surface area contributed by atoms with Crippen LogP contribution in [0.5, 0.6) is 17.2 Å². The van der Waals surface area contributed by atoms with E-state index in [9.17, 15) is 20.1 Å². The molecule has 0 aliphatic carbocycles. The van der Waals surface area contributed by atoms with Gasteiger partial charge in [-0.15, -0.1) is 0 Å². The Morgan fingerprint density at radius 3 is 1.42 bits per heavy atom. The molecule has 3 N–H and O–H groups in total. The molecule has 0 spiro atoms. The summed E-state index contributed by atoms with van der Waals surface area (Å²) < 4.78 is 0. The van der Waals surface area contributed by atoms with Crippen LogP contribution in [-0.2, 0) is 0 Å². The standard InChI is InChI=1S/C26H45NO4/c1-3-4-5-6-7-8-9-10-11-12-13-14-15-16-17-18-19-27(2)26(31)22-20-23(28)25(30)24(29)21-22/h20-21,28-30H,3-19H2,1-2H3. The minimum atomic E-state index is -0.600. The lowest BCUT2D eigenvalue weighted by molar-refractivity contribution is 0.0791. The average molecular weight is 436 g/mol. The minimum Gasteiger partial charge on any atom is -0.504 e. The highest BCUT2D eigenvalue weighted by Crippen LogP contribution is 2.35. The molecule has 0 aliphatic rings. The monoisotopic (exact) mass is 435 g/mol. The van der Waals surface area contributed by atoms with Crippen molar-refractivity contribution in [3.63, 3.8) is 0 Å². The Kier molecular flexibility index (Phi) is 14.6. The number of hydrogen-bond donors (Lipinski definition) is 3. The van der Waals surface area contributed by atoms with Gasteiger partial charge in [-0.05, 0) is 18.6 Å². The van der Waals surface area contributed by atoms with Crippen molar-refractivity contribution in [1.29, 1.82) is 0 Å². The fraction of sp³-hybridized carbons (Fsp3) is 0.731. The second-order valence-corrected chi connectivity index (χ2v) is 8.89. The van der Waals surface area contributed by atoms with Gasteiger partial charge in [-0.2, -0.15) is 0 Å². The van der Waals surface area contributed by atoms with Crippen LogP contribution in [-0.4, -0.2) is 39.7 Å². The molecule has 0 radical (unpaired) electrons. The molecule has 0 aliphatic heterocycles. The van der Waals surface area contributed by atoms with Crippen LogP contribution in [0.1, 0.15) is 120 Å². The zero-order chi connectivity index (χ0) is 22.9. The van der Waals surface area contributed by atoms with Crippen LogP contribution in [0.25, 0.3) is 0 Å². The molecule has 0 aromatic heterocycles. The molecule has 178 valence electrons. The predicted molar refractivity (Wildman–Crippen MR) is 128 cm³/mol. The lowest BCUT2D eigenvalue weighted by Crippen LogP contribution is -2.27. The Labute approximate surface area is 189 Å². The molecule has 0 unspecified atom stereocenters. The summed E-state index contributed by atoms with van der Waals surface area (Å²) >= 11 is 0. The molecule has 0 saturated heterocycles. The molecule has 1 amide bonds. The average Bonchev–Trinajstić information content (AvgIpc) is 2.76. The first-order valence-corrected chi connectivity index (χ1v) is 12.5. The quantitative estimate of drug-likeness (QED) is 0.169. The summed E-state index contributed by atoms with van der Waals surface area (Å²) in [6, 6.07) is 2.36. The molecule has 0 heterocycles. The number of aromatic hydroxyl groups is 3. The van der Waals surface area contributed by atoms with Gasteiger partial charge < -0.3 is 20.2 Å². The van der Waals surface area contributed by atoms with Crippen molar-refractivity contribution in [3.8, 4) is 17.2 Å². The van der Waals surface area contributed by atoms with E-state index in [4.69, 9.17) is 0 Å². The van der Waals surface area contributed by atoms with Gasteiger partial charge in [-0.25, -0.2) is 0 Å². The van der Waals surface area contributed by atoms with E-state index < -0.39 is 17.2 Å². The van der Waals surface area contributed by atoms with E-state index in [1.54, 1.807) is 11.9 Å². The molecule has 1 aromatic carbocycles. The molecule has 0 bridgehead atoms. The molecule has 5 heteroatoms. The van der Waals surface area contributed by atoms with E-state index in [2.05, 4.69) is 6.92 Å². The highest BCUT2D eigenvalue weighted by atomic mass is 16.3. The zero-order valence-electron chi connectivity index (χ0n) is 19.9. The van der Waals surface area contributed by atoms with Gasteiger partial charge in [0.05, 0.1) is 0 Å². The summed E-state index contributed by atoms with van der Waals surface area (Å²) in [7, 11) is 1.72. The Bertz CT molecular complexity index is 594. The number of benzene rings is 1. The van der Waals surface area contributed by atoms with Gasteiger partial charge in [0.2, 0.25) is 0 Å². The van der Waals surface area contributed by atoms with E-state index >= 15 is 0 Å². The van der Waals surface area contributed by atoms with Crippen molar-refractivity contribution in [2.24, 2.45) is 0 Å². The van der Waals surface area contributed by atoms with Crippen molar-refractivity contribution >= 4 is 5.91 Å². The van der Waals surface area contributed by atoms with Gasteiger partial charge in [-0.3, -0.25) is 4.79 Å². The van der Waals surface area contributed by atoms with Crippen molar-refractivity contribution in [3.05, 3.63) is 17.7 Å². The first-order valence-electron chi connectivity index (χ1n) is 12.5. The normalized spacial score (nSPS) is 11.0. The zero-order valence-corrected chi connectivity index (χ0v) is 19.9. The number of carbonyl (C=O) groups is 1.